The van der Waals surface area contributed by atoms with E-state index in [0.717, 1.165) is 17.7 Å². The average Bonchev–Trinajstić information content (AvgIpc) is 3.12. The van der Waals surface area contributed by atoms with Gasteiger partial charge in [0.25, 0.3) is 0 Å². The highest BCUT2D eigenvalue weighted by atomic mass is 32.1. The van der Waals surface area contributed by atoms with Gasteiger partial charge in [-0.25, -0.2) is 0 Å². The Morgan fingerprint density at radius 2 is 2.26 bits per heavy atom. The average molecular weight is 279 g/mol. The van der Waals surface area contributed by atoms with Crippen LogP contribution in [-0.2, 0) is 16.1 Å². The summed E-state index contributed by atoms with van der Waals surface area (Å²) in [4.78, 5) is 31.5. The predicted octanol–water partition coefficient (Wildman–Crippen LogP) is 1.16. The molecule has 19 heavy (non-hydrogen) atoms. The monoisotopic (exact) mass is 279 g/mol. The van der Waals surface area contributed by atoms with Crippen LogP contribution in [0, 0.1) is 5.92 Å². The van der Waals surface area contributed by atoms with Gasteiger partial charge in [-0.1, -0.05) is 0 Å². The van der Waals surface area contributed by atoms with Crippen LogP contribution < -0.4 is 5.32 Å². The van der Waals surface area contributed by atoms with Gasteiger partial charge in [-0.3, -0.25) is 14.6 Å². The van der Waals surface area contributed by atoms with E-state index in [0.29, 0.717) is 12.5 Å². The van der Waals surface area contributed by atoms with Crippen LogP contribution in [0.4, 0.5) is 0 Å². The van der Waals surface area contributed by atoms with Gasteiger partial charge in [-0.05, 0) is 32.6 Å². The molecule has 0 spiro atoms. The van der Waals surface area contributed by atoms with E-state index in [9.17, 15) is 9.59 Å². The first-order valence-corrected chi connectivity index (χ1v) is 7.41. The Hall–Kier alpha value is -1.43. The van der Waals surface area contributed by atoms with E-state index >= 15 is 0 Å². The van der Waals surface area contributed by atoms with Crippen molar-refractivity contribution in [2.24, 2.45) is 5.92 Å². The molecule has 2 fully saturated rings. The van der Waals surface area contributed by atoms with Crippen molar-refractivity contribution in [1.82, 2.24) is 15.2 Å². The lowest BCUT2D eigenvalue weighted by Crippen LogP contribution is -2.69. The predicted molar refractivity (Wildman–Crippen MR) is 71.4 cm³/mol. The summed E-state index contributed by atoms with van der Waals surface area (Å²) in [6, 6.07) is -0.415. The van der Waals surface area contributed by atoms with Crippen molar-refractivity contribution in [1.29, 1.82) is 0 Å². The SMILES string of the molecule is CC1C(=O)NC(C)(C2CC2)C(=O)N1Cc1cncs1. The molecule has 0 bridgehead atoms. The normalized spacial score (nSPS) is 31.5. The van der Waals surface area contributed by atoms with Gasteiger partial charge >= 0.3 is 0 Å². The highest BCUT2D eigenvalue weighted by Gasteiger charge is 2.54. The van der Waals surface area contributed by atoms with E-state index < -0.39 is 11.6 Å². The van der Waals surface area contributed by atoms with Crippen LogP contribution in [0.15, 0.2) is 11.7 Å². The van der Waals surface area contributed by atoms with Gasteiger partial charge in [-0.2, -0.15) is 0 Å². The summed E-state index contributed by atoms with van der Waals surface area (Å²) in [5, 5.41) is 2.92. The maximum Gasteiger partial charge on any atom is 0.249 e. The molecule has 1 aliphatic heterocycles. The first-order chi connectivity index (χ1) is 9.02. The zero-order valence-electron chi connectivity index (χ0n) is 11.0. The zero-order valence-corrected chi connectivity index (χ0v) is 11.9. The van der Waals surface area contributed by atoms with Gasteiger partial charge in [-0.15, -0.1) is 11.3 Å². The molecule has 2 atom stereocenters. The molecular formula is C13H17N3O2S. The summed E-state index contributed by atoms with van der Waals surface area (Å²) in [6.07, 6.45) is 3.79. The number of rotatable bonds is 3. The Morgan fingerprint density at radius 1 is 1.53 bits per heavy atom. The smallest absolute Gasteiger partial charge is 0.249 e. The Bertz CT molecular complexity index is 512. The summed E-state index contributed by atoms with van der Waals surface area (Å²) >= 11 is 1.51. The number of nitrogens with zero attached hydrogens (tertiary/aromatic N) is 2. The summed E-state index contributed by atoms with van der Waals surface area (Å²) in [6.45, 7) is 4.11. The molecular weight excluding hydrogens is 262 g/mol. The number of carbonyl (C=O) groups is 2. The van der Waals surface area contributed by atoms with E-state index in [1.54, 1.807) is 23.5 Å². The fourth-order valence-electron chi connectivity index (χ4n) is 2.66. The van der Waals surface area contributed by atoms with E-state index in [1.165, 1.54) is 11.3 Å². The van der Waals surface area contributed by atoms with Crippen LogP contribution in [0.1, 0.15) is 31.6 Å². The van der Waals surface area contributed by atoms with Crippen molar-refractivity contribution in [3.05, 3.63) is 16.6 Å². The third-order valence-electron chi connectivity index (χ3n) is 4.14. The molecule has 2 heterocycles. The lowest BCUT2D eigenvalue weighted by Gasteiger charge is -2.43. The molecule has 2 aliphatic rings. The topological polar surface area (TPSA) is 62.3 Å². The summed E-state index contributed by atoms with van der Waals surface area (Å²) < 4.78 is 0. The van der Waals surface area contributed by atoms with Gasteiger partial charge in [0.2, 0.25) is 11.8 Å². The molecule has 1 saturated heterocycles. The Balaban J connectivity index is 1.87. The minimum Gasteiger partial charge on any atom is -0.340 e. The zero-order chi connectivity index (χ0) is 13.6. The molecule has 0 radical (unpaired) electrons. The van der Waals surface area contributed by atoms with Crippen molar-refractivity contribution >= 4 is 23.2 Å². The van der Waals surface area contributed by atoms with Crippen LogP contribution >= 0.6 is 11.3 Å². The number of piperazine rings is 1. The molecule has 0 aromatic carbocycles. The number of carbonyl (C=O) groups excluding carboxylic acids is 2. The number of hydrogen-bond donors (Lipinski definition) is 1. The molecule has 1 saturated carbocycles. The minimum absolute atomic E-state index is 0.0375. The number of hydrogen-bond acceptors (Lipinski definition) is 4. The molecule has 5 nitrogen and oxygen atoms in total. The Kier molecular flexibility index (Phi) is 2.85. The van der Waals surface area contributed by atoms with E-state index in [2.05, 4.69) is 10.3 Å². The van der Waals surface area contributed by atoms with Crippen molar-refractivity contribution < 1.29 is 9.59 Å². The third kappa shape index (κ3) is 2.04. The molecule has 1 aliphatic carbocycles. The molecule has 3 rings (SSSR count). The van der Waals surface area contributed by atoms with Crippen molar-refractivity contribution in [2.75, 3.05) is 0 Å². The van der Waals surface area contributed by atoms with Gasteiger partial charge < -0.3 is 10.2 Å². The first kappa shape index (κ1) is 12.6. The van der Waals surface area contributed by atoms with E-state index in [-0.39, 0.29) is 11.8 Å². The molecule has 2 amide bonds. The van der Waals surface area contributed by atoms with Gasteiger partial charge in [0.05, 0.1) is 12.1 Å². The van der Waals surface area contributed by atoms with Gasteiger partial charge in [0.1, 0.15) is 11.6 Å². The maximum absolute atomic E-state index is 12.7. The van der Waals surface area contributed by atoms with Crippen LogP contribution in [-0.4, -0.2) is 33.3 Å². The van der Waals surface area contributed by atoms with E-state index in [4.69, 9.17) is 0 Å². The molecule has 102 valence electrons. The Morgan fingerprint density at radius 3 is 2.84 bits per heavy atom. The second-order valence-corrected chi connectivity index (χ2v) is 6.51. The van der Waals surface area contributed by atoms with Crippen molar-refractivity contribution in [3.8, 4) is 0 Å². The maximum atomic E-state index is 12.7. The molecule has 2 unspecified atom stereocenters. The van der Waals surface area contributed by atoms with Crippen molar-refractivity contribution in [3.63, 3.8) is 0 Å². The fraction of sp³-hybridized carbons (Fsp3) is 0.615. The third-order valence-corrected chi connectivity index (χ3v) is 4.90. The summed E-state index contributed by atoms with van der Waals surface area (Å²) in [7, 11) is 0. The first-order valence-electron chi connectivity index (χ1n) is 6.53. The fourth-order valence-corrected chi connectivity index (χ4v) is 3.26. The van der Waals surface area contributed by atoms with Crippen LogP contribution in [0.3, 0.4) is 0 Å². The highest BCUT2D eigenvalue weighted by Crippen LogP contribution is 2.42. The summed E-state index contributed by atoms with van der Waals surface area (Å²) in [5.74, 6) is 0.273. The summed E-state index contributed by atoms with van der Waals surface area (Å²) in [5.41, 5.74) is 1.03. The lowest BCUT2D eigenvalue weighted by molar-refractivity contribution is -0.155. The van der Waals surface area contributed by atoms with Crippen LogP contribution in [0.5, 0.6) is 0 Å². The molecule has 6 heteroatoms. The standard InChI is InChI=1S/C13H17N3O2S/c1-8-11(17)15-13(2,9-3-4-9)12(18)16(8)6-10-5-14-7-19-10/h5,7-9H,3-4,6H2,1-2H3,(H,15,17). The highest BCUT2D eigenvalue weighted by molar-refractivity contribution is 7.09. The molecule has 1 aromatic rings. The Labute approximate surface area is 116 Å². The van der Waals surface area contributed by atoms with E-state index in [1.807, 2.05) is 6.92 Å². The number of aromatic nitrogens is 1. The van der Waals surface area contributed by atoms with Gasteiger partial charge in [0.15, 0.2) is 0 Å². The lowest BCUT2D eigenvalue weighted by atomic mass is 9.89. The van der Waals surface area contributed by atoms with Crippen LogP contribution in [0.25, 0.3) is 0 Å². The quantitative estimate of drug-likeness (QED) is 0.903. The number of thiazole rings is 1. The van der Waals surface area contributed by atoms with Gasteiger partial charge in [0, 0.05) is 11.1 Å². The largest absolute Gasteiger partial charge is 0.340 e. The van der Waals surface area contributed by atoms with Crippen LogP contribution in [0.2, 0.25) is 0 Å². The second kappa shape index (κ2) is 4.30. The number of amides is 2. The molecule has 1 aromatic heterocycles. The van der Waals surface area contributed by atoms with Crippen molar-refractivity contribution in [2.45, 2.75) is 44.8 Å². The second-order valence-electron chi connectivity index (χ2n) is 5.54. The number of nitrogens with one attached hydrogen (secondary N) is 1. The molecule has 1 N–H and O–H groups in total. The minimum atomic E-state index is -0.714.